The maximum absolute atomic E-state index is 11.8. The smallest absolute Gasteiger partial charge is 0.273 e. The van der Waals surface area contributed by atoms with Crippen molar-refractivity contribution in [1.29, 1.82) is 0 Å². The number of carbonyl (C=O) groups is 2. The zero-order chi connectivity index (χ0) is 17.4. The highest BCUT2D eigenvalue weighted by molar-refractivity contribution is 5.86. The van der Waals surface area contributed by atoms with Gasteiger partial charge in [0.05, 0.1) is 10.8 Å². The van der Waals surface area contributed by atoms with Crippen LogP contribution in [0.1, 0.15) is 57.1 Å². The second kappa shape index (κ2) is 6.10. The van der Waals surface area contributed by atoms with E-state index in [1.165, 1.54) is 6.07 Å². The number of hydrogen-bond donors (Lipinski definition) is 1. The van der Waals surface area contributed by atoms with E-state index in [-0.39, 0.29) is 22.8 Å². The molecular formula is C17H22N2O4. The van der Waals surface area contributed by atoms with Gasteiger partial charge in [-0.05, 0) is 23.3 Å². The molecular weight excluding hydrogens is 296 g/mol. The molecule has 23 heavy (non-hydrogen) atoms. The molecule has 6 nitrogen and oxygen atoms in total. The third kappa shape index (κ3) is 3.75. The van der Waals surface area contributed by atoms with Gasteiger partial charge >= 0.3 is 0 Å². The fourth-order valence-corrected chi connectivity index (χ4v) is 2.94. The summed E-state index contributed by atoms with van der Waals surface area (Å²) in [6.07, 6.45) is 1.24. The zero-order valence-corrected chi connectivity index (χ0v) is 13.7. The quantitative estimate of drug-likeness (QED) is 0.666. The summed E-state index contributed by atoms with van der Waals surface area (Å²) in [7, 11) is 0. The zero-order valence-electron chi connectivity index (χ0n) is 13.7. The molecule has 0 bridgehead atoms. The van der Waals surface area contributed by atoms with Crippen LogP contribution in [0.25, 0.3) is 0 Å². The molecule has 1 unspecified atom stereocenters. The van der Waals surface area contributed by atoms with Crippen molar-refractivity contribution >= 4 is 17.4 Å². The first-order valence-corrected chi connectivity index (χ1v) is 7.69. The van der Waals surface area contributed by atoms with Gasteiger partial charge in [-0.15, -0.1) is 0 Å². The van der Waals surface area contributed by atoms with Gasteiger partial charge in [-0.1, -0.05) is 32.9 Å². The monoisotopic (exact) mass is 318 g/mol. The van der Waals surface area contributed by atoms with Crippen LogP contribution < -0.4 is 5.73 Å². The second-order valence-corrected chi connectivity index (χ2v) is 7.28. The molecule has 1 fully saturated rings. The largest absolute Gasteiger partial charge is 0.369 e. The highest BCUT2D eigenvalue weighted by atomic mass is 16.6. The SMILES string of the molecule is CC(C)(C)c1ccc(C(CC2CC(=O)C2)C(N)=O)c([N+](=O)[O-])c1. The molecule has 1 amide bonds. The minimum absolute atomic E-state index is 0.0770. The van der Waals surface area contributed by atoms with E-state index in [9.17, 15) is 19.7 Å². The predicted molar refractivity (Wildman–Crippen MR) is 86.1 cm³/mol. The number of nitro benzene ring substituents is 1. The number of ketones is 1. The van der Waals surface area contributed by atoms with E-state index in [0.29, 0.717) is 24.8 Å². The molecule has 1 aliphatic rings. The van der Waals surface area contributed by atoms with E-state index in [1.807, 2.05) is 26.8 Å². The molecule has 1 aliphatic carbocycles. The van der Waals surface area contributed by atoms with Crippen molar-refractivity contribution in [3.05, 3.63) is 39.4 Å². The van der Waals surface area contributed by atoms with Crippen molar-refractivity contribution in [3.63, 3.8) is 0 Å². The van der Waals surface area contributed by atoms with Gasteiger partial charge < -0.3 is 5.73 Å². The summed E-state index contributed by atoms with van der Waals surface area (Å²) in [6.45, 7) is 5.91. The Balaban J connectivity index is 2.39. The van der Waals surface area contributed by atoms with Gasteiger partial charge in [-0.2, -0.15) is 0 Å². The molecule has 1 aromatic carbocycles. The third-order valence-electron chi connectivity index (χ3n) is 4.41. The molecule has 1 saturated carbocycles. The first-order valence-electron chi connectivity index (χ1n) is 7.69. The van der Waals surface area contributed by atoms with Crippen LogP contribution in [0.5, 0.6) is 0 Å². The summed E-state index contributed by atoms with van der Waals surface area (Å²) in [5.41, 5.74) is 6.34. The lowest BCUT2D eigenvalue weighted by molar-refractivity contribution is -0.385. The lowest BCUT2D eigenvalue weighted by Crippen LogP contribution is -2.30. The molecule has 0 saturated heterocycles. The summed E-state index contributed by atoms with van der Waals surface area (Å²) < 4.78 is 0. The number of hydrogen-bond acceptors (Lipinski definition) is 4. The Bertz CT molecular complexity index is 653. The van der Waals surface area contributed by atoms with E-state index < -0.39 is 16.7 Å². The Hall–Kier alpha value is -2.24. The van der Waals surface area contributed by atoms with E-state index in [2.05, 4.69) is 0 Å². The summed E-state index contributed by atoms with van der Waals surface area (Å²) >= 11 is 0. The number of Topliss-reactive ketones (excluding diaryl/α,β-unsaturated/α-hetero) is 1. The van der Waals surface area contributed by atoms with Crippen LogP contribution in [-0.2, 0) is 15.0 Å². The minimum Gasteiger partial charge on any atom is -0.369 e. The average Bonchev–Trinajstić information content (AvgIpc) is 2.40. The lowest BCUT2D eigenvalue weighted by atomic mass is 9.75. The Morgan fingerprint density at radius 3 is 2.43 bits per heavy atom. The molecule has 0 aromatic heterocycles. The van der Waals surface area contributed by atoms with Crippen LogP contribution in [0, 0.1) is 16.0 Å². The first kappa shape index (κ1) is 17.1. The highest BCUT2D eigenvalue weighted by Gasteiger charge is 2.35. The van der Waals surface area contributed by atoms with Gasteiger partial charge in [0.25, 0.3) is 5.69 Å². The number of rotatable bonds is 5. The summed E-state index contributed by atoms with van der Waals surface area (Å²) in [5.74, 6) is -1.07. The Labute approximate surface area is 135 Å². The van der Waals surface area contributed by atoms with Crippen LogP contribution in [0.2, 0.25) is 0 Å². The normalized spacial score (nSPS) is 16.7. The van der Waals surface area contributed by atoms with Crippen LogP contribution in [0.3, 0.4) is 0 Å². The molecule has 0 radical (unpaired) electrons. The summed E-state index contributed by atoms with van der Waals surface area (Å²) in [6, 6.07) is 4.97. The standard InChI is InChI=1S/C17H22N2O4/c1-17(2,3)11-4-5-13(15(9-11)19(22)23)14(16(18)21)8-10-6-12(20)7-10/h4-5,9-10,14H,6-8H2,1-3H3,(H2,18,21). The summed E-state index contributed by atoms with van der Waals surface area (Å²) in [5, 5.41) is 11.4. The lowest BCUT2D eigenvalue weighted by Gasteiger charge is -2.27. The molecule has 1 atom stereocenters. The van der Waals surface area contributed by atoms with Gasteiger partial charge in [-0.3, -0.25) is 19.7 Å². The second-order valence-electron chi connectivity index (χ2n) is 7.28. The van der Waals surface area contributed by atoms with Crippen molar-refractivity contribution < 1.29 is 14.5 Å². The van der Waals surface area contributed by atoms with Gasteiger partial charge in [0.2, 0.25) is 5.91 Å². The van der Waals surface area contributed by atoms with Gasteiger partial charge in [-0.25, -0.2) is 0 Å². The number of benzene rings is 1. The summed E-state index contributed by atoms with van der Waals surface area (Å²) in [4.78, 5) is 33.9. The van der Waals surface area contributed by atoms with Crippen molar-refractivity contribution in [2.75, 3.05) is 0 Å². The maximum atomic E-state index is 11.8. The number of carbonyl (C=O) groups excluding carboxylic acids is 2. The molecule has 1 aromatic rings. The van der Waals surface area contributed by atoms with Crippen molar-refractivity contribution in [2.24, 2.45) is 11.7 Å². The Morgan fingerprint density at radius 1 is 1.39 bits per heavy atom. The van der Waals surface area contributed by atoms with Crippen LogP contribution in [0.4, 0.5) is 5.69 Å². The van der Waals surface area contributed by atoms with E-state index in [1.54, 1.807) is 6.07 Å². The maximum Gasteiger partial charge on any atom is 0.273 e. The van der Waals surface area contributed by atoms with E-state index in [0.717, 1.165) is 5.56 Å². The van der Waals surface area contributed by atoms with Crippen molar-refractivity contribution in [3.8, 4) is 0 Å². The average molecular weight is 318 g/mol. The molecule has 0 heterocycles. The Kier molecular flexibility index (Phi) is 4.54. The number of nitrogens with two attached hydrogens (primary N) is 1. The number of nitro groups is 1. The van der Waals surface area contributed by atoms with Crippen LogP contribution in [0.15, 0.2) is 18.2 Å². The first-order chi connectivity index (χ1) is 10.6. The van der Waals surface area contributed by atoms with E-state index >= 15 is 0 Å². The van der Waals surface area contributed by atoms with Gasteiger partial charge in [0, 0.05) is 24.5 Å². The molecule has 0 spiro atoms. The van der Waals surface area contributed by atoms with Crippen molar-refractivity contribution in [2.45, 2.75) is 51.4 Å². The third-order valence-corrected chi connectivity index (χ3v) is 4.41. The minimum atomic E-state index is -0.734. The molecule has 2 N–H and O–H groups in total. The van der Waals surface area contributed by atoms with Crippen molar-refractivity contribution in [1.82, 2.24) is 0 Å². The van der Waals surface area contributed by atoms with Gasteiger partial charge in [0.1, 0.15) is 5.78 Å². The number of amides is 1. The topological polar surface area (TPSA) is 103 Å². The van der Waals surface area contributed by atoms with E-state index in [4.69, 9.17) is 5.73 Å². The Morgan fingerprint density at radius 2 is 2.00 bits per heavy atom. The fraction of sp³-hybridized carbons (Fsp3) is 0.529. The number of primary amides is 1. The number of nitrogens with zero attached hydrogens (tertiary/aromatic N) is 1. The molecule has 124 valence electrons. The molecule has 2 rings (SSSR count). The predicted octanol–water partition coefficient (Wildman–Crippen LogP) is 2.83. The molecule has 6 heteroatoms. The highest BCUT2D eigenvalue weighted by Crippen LogP contribution is 2.38. The van der Waals surface area contributed by atoms with Crippen LogP contribution >= 0.6 is 0 Å². The fourth-order valence-electron chi connectivity index (χ4n) is 2.94. The molecule has 0 aliphatic heterocycles. The van der Waals surface area contributed by atoms with Gasteiger partial charge in [0.15, 0.2) is 0 Å². The van der Waals surface area contributed by atoms with Crippen LogP contribution in [-0.4, -0.2) is 16.6 Å².